The Labute approximate surface area is 270 Å². The molecule has 9 aromatic rings. The highest BCUT2D eigenvalue weighted by molar-refractivity contribution is 7.25. The predicted octanol–water partition coefficient (Wildman–Crippen LogP) is 11.4. The van der Waals surface area contributed by atoms with Crippen LogP contribution in [0.1, 0.15) is 18.2 Å². The van der Waals surface area contributed by atoms with E-state index < -0.39 is 0 Å². The van der Waals surface area contributed by atoms with Gasteiger partial charge in [-0.15, -0.1) is 11.3 Å². The molecule has 0 fully saturated rings. The van der Waals surface area contributed by atoms with E-state index in [4.69, 9.17) is 4.98 Å². The fraction of sp³-hybridized carbons (Fsp3) is 0.0714. The molecule has 0 amide bonds. The molecular formula is C42H29N3S. The predicted molar refractivity (Wildman–Crippen MR) is 196 cm³/mol. The number of hydrogen-bond acceptors (Lipinski definition) is 2. The minimum atomic E-state index is 0.545. The SMILES string of the molecule is CC1C=Cc2c(c3ccccc3n2-c2ccc3c(c2)c2ccccc2n3-c2cnc3sc4ccc(-c5ccccc5)cc4c3c2)C1. The molecule has 1 aliphatic rings. The number of aromatic nitrogens is 3. The van der Waals surface area contributed by atoms with E-state index in [0.717, 1.165) is 16.9 Å². The molecule has 46 heavy (non-hydrogen) atoms. The Morgan fingerprint density at radius 3 is 2.22 bits per heavy atom. The number of benzene rings is 5. The van der Waals surface area contributed by atoms with Crippen LogP contribution < -0.4 is 0 Å². The van der Waals surface area contributed by atoms with Crippen LogP contribution in [0.15, 0.2) is 134 Å². The van der Waals surface area contributed by atoms with E-state index in [9.17, 15) is 0 Å². The van der Waals surface area contributed by atoms with Crippen molar-refractivity contribution in [2.45, 2.75) is 13.3 Å². The van der Waals surface area contributed by atoms with Crippen LogP contribution in [0.25, 0.3) is 81.6 Å². The summed E-state index contributed by atoms with van der Waals surface area (Å²) < 4.78 is 6.10. The highest BCUT2D eigenvalue weighted by atomic mass is 32.1. The molecule has 10 rings (SSSR count). The number of para-hydroxylation sites is 2. The normalized spacial score (nSPS) is 14.7. The van der Waals surface area contributed by atoms with Gasteiger partial charge in [0.25, 0.3) is 0 Å². The van der Waals surface area contributed by atoms with Crippen molar-refractivity contribution in [2.24, 2.45) is 5.92 Å². The number of rotatable bonds is 3. The molecule has 3 nitrogen and oxygen atoms in total. The Kier molecular flexibility index (Phi) is 5.49. The van der Waals surface area contributed by atoms with Gasteiger partial charge in [0.1, 0.15) is 4.83 Å². The molecule has 1 unspecified atom stereocenters. The van der Waals surface area contributed by atoms with Gasteiger partial charge in [-0.3, -0.25) is 0 Å². The van der Waals surface area contributed by atoms with Gasteiger partial charge in [-0.25, -0.2) is 4.98 Å². The van der Waals surface area contributed by atoms with Gasteiger partial charge >= 0.3 is 0 Å². The third-order valence-corrected chi connectivity index (χ3v) is 10.8. The zero-order chi connectivity index (χ0) is 30.4. The number of pyridine rings is 1. The van der Waals surface area contributed by atoms with Crippen molar-refractivity contribution in [1.82, 2.24) is 14.1 Å². The quantitative estimate of drug-likeness (QED) is 0.196. The van der Waals surface area contributed by atoms with E-state index in [1.54, 1.807) is 11.3 Å². The van der Waals surface area contributed by atoms with Crippen LogP contribution in [0, 0.1) is 5.92 Å². The van der Waals surface area contributed by atoms with Crippen LogP contribution in [0.5, 0.6) is 0 Å². The molecule has 0 radical (unpaired) electrons. The average molecular weight is 608 g/mol. The topological polar surface area (TPSA) is 22.8 Å². The summed E-state index contributed by atoms with van der Waals surface area (Å²) in [6.07, 6.45) is 7.78. The molecule has 5 aromatic carbocycles. The molecule has 1 atom stereocenters. The lowest BCUT2D eigenvalue weighted by molar-refractivity contribution is 0.718. The molecule has 0 aliphatic heterocycles. The molecule has 0 spiro atoms. The molecule has 4 heterocycles. The van der Waals surface area contributed by atoms with Crippen LogP contribution in [0.2, 0.25) is 0 Å². The van der Waals surface area contributed by atoms with Crippen molar-refractivity contribution < 1.29 is 0 Å². The molecule has 4 heteroatoms. The molecule has 0 saturated carbocycles. The lowest BCUT2D eigenvalue weighted by Gasteiger charge is -2.16. The first-order valence-corrected chi connectivity index (χ1v) is 16.8. The van der Waals surface area contributed by atoms with Crippen LogP contribution >= 0.6 is 11.3 Å². The number of allylic oxidation sites excluding steroid dienone is 1. The third kappa shape index (κ3) is 3.74. The lowest BCUT2D eigenvalue weighted by Crippen LogP contribution is -2.05. The lowest BCUT2D eigenvalue weighted by atomic mass is 9.93. The largest absolute Gasteiger partial charge is 0.310 e. The number of thiophene rings is 1. The van der Waals surface area contributed by atoms with Gasteiger partial charge in [0, 0.05) is 43.0 Å². The molecule has 0 saturated heterocycles. The Bertz CT molecular complexity index is 2690. The van der Waals surface area contributed by atoms with E-state index in [0.29, 0.717) is 5.92 Å². The van der Waals surface area contributed by atoms with E-state index in [1.165, 1.54) is 76.3 Å². The third-order valence-electron chi connectivity index (χ3n) is 9.72. The Hall–Kier alpha value is -5.45. The van der Waals surface area contributed by atoms with Crippen molar-refractivity contribution in [3.8, 4) is 22.5 Å². The fourth-order valence-electron chi connectivity index (χ4n) is 7.60. The Balaban J connectivity index is 1.19. The first-order valence-electron chi connectivity index (χ1n) is 15.9. The molecule has 218 valence electrons. The van der Waals surface area contributed by atoms with E-state index in [1.807, 2.05) is 6.20 Å². The fourth-order valence-corrected chi connectivity index (χ4v) is 8.61. The smallest absolute Gasteiger partial charge is 0.124 e. The maximum atomic E-state index is 5.02. The van der Waals surface area contributed by atoms with Crippen molar-refractivity contribution in [1.29, 1.82) is 0 Å². The van der Waals surface area contributed by atoms with Crippen LogP contribution in [0.3, 0.4) is 0 Å². The summed E-state index contributed by atoms with van der Waals surface area (Å²) in [5.41, 5.74) is 11.1. The second-order valence-corrected chi connectivity index (χ2v) is 13.6. The van der Waals surface area contributed by atoms with Crippen molar-refractivity contribution in [3.05, 3.63) is 145 Å². The van der Waals surface area contributed by atoms with Crippen LogP contribution in [-0.4, -0.2) is 14.1 Å². The van der Waals surface area contributed by atoms with Crippen molar-refractivity contribution >= 4 is 70.4 Å². The van der Waals surface area contributed by atoms with Crippen molar-refractivity contribution in [3.63, 3.8) is 0 Å². The summed E-state index contributed by atoms with van der Waals surface area (Å²) in [5, 5.41) is 6.30. The van der Waals surface area contributed by atoms with Crippen molar-refractivity contribution in [2.75, 3.05) is 0 Å². The minimum Gasteiger partial charge on any atom is -0.310 e. The van der Waals surface area contributed by atoms with Crippen LogP contribution in [-0.2, 0) is 6.42 Å². The standard InChI is InChI=1S/C42H29N3S/c1-26-15-18-39-33(21-26)31-11-5-7-13-37(31)44(39)29-17-19-40-34(23-29)32-12-6-8-14-38(32)45(40)30-24-36-35-22-28(27-9-3-2-4-10-27)16-20-41(35)46-42(36)43-25-30/h2-20,22-26H,21H2,1H3. The zero-order valence-corrected chi connectivity index (χ0v) is 26.1. The van der Waals surface area contributed by atoms with E-state index >= 15 is 0 Å². The number of nitrogens with zero attached hydrogens (tertiary/aromatic N) is 3. The first-order chi connectivity index (χ1) is 22.7. The van der Waals surface area contributed by atoms with Gasteiger partial charge in [0.15, 0.2) is 0 Å². The van der Waals surface area contributed by atoms with Gasteiger partial charge in [-0.1, -0.05) is 85.8 Å². The monoisotopic (exact) mass is 607 g/mol. The van der Waals surface area contributed by atoms with Gasteiger partial charge < -0.3 is 9.13 Å². The number of hydrogen-bond donors (Lipinski definition) is 0. The highest BCUT2D eigenvalue weighted by Crippen LogP contribution is 2.40. The number of fused-ring (bicyclic) bond motifs is 9. The summed E-state index contributed by atoms with van der Waals surface area (Å²) in [6, 6.07) is 44.3. The highest BCUT2D eigenvalue weighted by Gasteiger charge is 2.22. The molecule has 4 aromatic heterocycles. The molecule has 1 aliphatic carbocycles. The summed E-state index contributed by atoms with van der Waals surface area (Å²) in [4.78, 5) is 6.09. The molecular weight excluding hydrogens is 579 g/mol. The maximum absolute atomic E-state index is 5.02. The van der Waals surface area contributed by atoms with E-state index in [2.05, 4.69) is 150 Å². The summed E-state index contributed by atoms with van der Waals surface area (Å²) in [6.45, 7) is 2.31. The second kappa shape index (κ2) is 9.77. The minimum absolute atomic E-state index is 0.545. The summed E-state index contributed by atoms with van der Waals surface area (Å²) in [7, 11) is 0. The van der Waals surface area contributed by atoms with Crippen LogP contribution in [0.4, 0.5) is 0 Å². The Morgan fingerprint density at radius 1 is 0.609 bits per heavy atom. The average Bonchev–Trinajstić information content (AvgIpc) is 3.75. The Morgan fingerprint density at radius 2 is 1.35 bits per heavy atom. The first kappa shape index (κ1) is 25.8. The van der Waals surface area contributed by atoms with Gasteiger partial charge in [-0.05, 0) is 83.6 Å². The molecule has 0 N–H and O–H groups in total. The molecule has 0 bridgehead atoms. The maximum Gasteiger partial charge on any atom is 0.124 e. The van der Waals surface area contributed by atoms with E-state index in [-0.39, 0.29) is 0 Å². The second-order valence-electron chi connectivity index (χ2n) is 12.5. The summed E-state index contributed by atoms with van der Waals surface area (Å²) >= 11 is 1.76. The van der Waals surface area contributed by atoms with Gasteiger partial charge in [0.05, 0.1) is 28.4 Å². The zero-order valence-electron chi connectivity index (χ0n) is 25.3. The summed E-state index contributed by atoms with van der Waals surface area (Å²) in [5.74, 6) is 0.545. The van der Waals surface area contributed by atoms with Gasteiger partial charge in [-0.2, -0.15) is 0 Å². The van der Waals surface area contributed by atoms with Gasteiger partial charge in [0.2, 0.25) is 0 Å².